The van der Waals surface area contributed by atoms with E-state index in [1.54, 1.807) is 29.3 Å². The molecular weight excluding hydrogens is 306 g/mol. The van der Waals surface area contributed by atoms with Gasteiger partial charge in [-0.2, -0.15) is 16.9 Å². The maximum absolute atomic E-state index is 12.5. The van der Waals surface area contributed by atoms with Gasteiger partial charge < -0.3 is 10.4 Å². The first-order chi connectivity index (χ1) is 10.1. The molecule has 7 heteroatoms. The van der Waals surface area contributed by atoms with E-state index >= 15 is 0 Å². The van der Waals surface area contributed by atoms with Crippen LogP contribution in [0.25, 0.3) is 10.6 Å². The third-order valence-corrected chi connectivity index (χ3v) is 5.27. The Morgan fingerprint density at radius 3 is 2.95 bits per heavy atom. The summed E-state index contributed by atoms with van der Waals surface area (Å²) < 4.78 is 1.65. The highest BCUT2D eigenvalue weighted by Gasteiger charge is 2.22. The molecular formula is C14H19N3O2S2. The Bertz CT molecular complexity index is 591. The van der Waals surface area contributed by atoms with E-state index in [4.69, 9.17) is 0 Å². The van der Waals surface area contributed by atoms with Crippen molar-refractivity contribution in [3.8, 4) is 10.6 Å². The molecule has 2 rings (SSSR count). The minimum Gasteiger partial charge on any atom is -0.395 e. The maximum Gasteiger partial charge on any atom is 0.255 e. The molecule has 0 spiro atoms. The van der Waals surface area contributed by atoms with Crippen molar-refractivity contribution in [1.29, 1.82) is 0 Å². The van der Waals surface area contributed by atoms with E-state index in [1.807, 2.05) is 30.7 Å². The fourth-order valence-corrected chi connectivity index (χ4v) is 3.41. The second-order valence-corrected chi connectivity index (χ2v) is 6.79. The van der Waals surface area contributed by atoms with E-state index in [9.17, 15) is 9.90 Å². The first-order valence-electron chi connectivity index (χ1n) is 6.58. The van der Waals surface area contributed by atoms with Crippen molar-refractivity contribution in [2.24, 2.45) is 7.05 Å². The Morgan fingerprint density at radius 1 is 1.62 bits per heavy atom. The van der Waals surface area contributed by atoms with Crippen LogP contribution in [0.5, 0.6) is 0 Å². The Labute approximate surface area is 132 Å². The normalized spacial score (nSPS) is 13.9. The standard InChI is InChI=1S/C14H19N3O2S2/c1-9(12(8-18)20-3)15-14(19)10-7-17(2)16-13(10)11-5-4-6-21-11/h4-7,9,12,18H,8H2,1-3H3,(H,15,19). The first kappa shape index (κ1) is 16.1. The van der Waals surface area contributed by atoms with Gasteiger partial charge in [0, 0.05) is 24.5 Å². The lowest BCUT2D eigenvalue weighted by Gasteiger charge is -2.21. The van der Waals surface area contributed by atoms with Gasteiger partial charge in [-0.15, -0.1) is 11.3 Å². The van der Waals surface area contributed by atoms with Gasteiger partial charge in [0.2, 0.25) is 0 Å². The second-order valence-electron chi connectivity index (χ2n) is 4.76. The van der Waals surface area contributed by atoms with Gasteiger partial charge in [0.05, 0.1) is 17.0 Å². The van der Waals surface area contributed by atoms with Crippen LogP contribution in [0.1, 0.15) is 17.3 Å². The minimum absolute atomic E-state index is 0.0178. The summed E-state index contributed by atoms with van der Waals surface area (Å²) in [4.78, 5) is 13.4. The number of aliphatic hydroxyl groups is 1. The fraction of sp³-hybridized carbons (Fsp3) is 0.429. The van der Waals surface area contributed by atoms with Gasteiger partial charge >= 0.3 is 0 Å². The first-order valence-corrected chi connectivity index (χ1v) is 8.75. The molecule has 0 saturated carbocycles. The number of amides is 1. The molecule has 2 aromatic heterocycles. The Morgan fingerprint density at radius 2 is 2.38 bits per heavy atom. The van der Waals surface area contributed by atoms with E-state index in [-0.39, 0.29) is 23.8 Å². The van der Waals surface area contributed by atoms with Crippen LogP contribution in [0.2, 0.25) is 0 Å². The highest BCUT2D eigenvalue weighted by Crippen LogP contribution is 2.26. The number of nitrogens with one attached hydrogen (secondary N) is 1. The van der Waals surface area contributed by atoms with Crippen LogP contribution < -0.4 is 5.32 Å². The summed E-state index contributed by atoms with van der Waals surface area (Å²) in [6.45, 7) is 1.93. The van der Waals surface area contributed by atoms with Crippen LogP contribution in [0, 0.1) is 0 Å². The molecule has 0 aliphatic rings. The maximum atomic E-state index is 12.5. The quantitative estimate of drug-likeness (QED) is 0.852. The summed E-state index contributed by atoms with van der Waals surface area (Å²) in [5, 5.41) is 18.6. The number of aromatic nitrogens is 2. The van der Waals surface area contributed by atoms with Crippen LogP contribution in [0.3, 0.4) is 0 Å². The average molecular weight is 325 g/mol. The van der Waals surface area contributed by atoms with E-state index < -0.39 is 0 Å². The zero-order valence-corrected chi connectivity index (χ0v) is 13.9. The number of thioether (sulfide) groups is 1. The summed E-state index contributed by atoms with van der Waals surface area (Å²) in [6.07, 6.45) is 3.65. The van der Waals surface area contributed by atoms with Gasteiger partial charge in [0.1, 0.15) is 5.69 Å². The molecule has 2 N–H and O–H groups in total. The summed E-state index contributed by atoms with van der Waals surface area (Å²) in [7, 11) is 1.80. The summed E-state index contributed by atoms with van der Waals surface area (Å²) in [5.74, 6) is -0.161. The lowest BCUT2D eigenvalue weighted by Crippen LogP contribution is -2.41. The number of hydrogen-bond acceptors (Lipinski definition) is 5. The number of carbonyl (C=O) groups is 1. The highest BCUT2D eigenvalue weighted by atomic mass is 32.2. The Kier molecular flexibility index (Phi) is 5.44. The Hall–Kier alpha value is -1.31. The van der Waals surface area contributed by atoms with Crippen LogP contribution in [0.4, 0.5) is 0 Å². The van der Waals surface area contributed by atoms with Crippen molar-refractivity contribution < 1.29 is 9.90 Å². The molecule has 0 bridgehead atoms. The summed E-state index contributed by atoms with van der Waals surface area (Å²) >= 11 is 3.09. The number of carbonyl (C=O) groups excluding carboxylic acids is 1. The van der Waals surface area contributed by atoms with Crippen molar-refractivity contribution in [1.82, 2.24) is 15.1 Å². The second kappa shape index (κ2) is 7.11. The van der Waals surface area contributed by atoms with Crippen molar-refractivity contribution in [3.05, 3.63) is 29.3 Å². The van der Waals surface area contributed by atoms with Gasteiger partial charge in [0.15, 0.2) is 0 Å². The van der Waals surface area contributed by atoms with Crippen LogP contribution in [0.15, 0.2) is 23.7 Å². The molecule has 0 aromatic carbocycles. The van der Waals surface area contributed by atoms with Crippen molar-refractivity contribution in [2.45, 2.75) is 18.2 Å². The van der Waals surface area contributed by atoms with Crippen molar-refractivity contribution in [3.63, 3.8) is 0 Å². The molecule has 2 atom stereocenters. The molecule has 1 amide bonds. The van der Waals surface area contributed by atoms with Gasteiger partial charge in [0.25, 0.3) is 5.91 Å². The predicted octanol–water partition coefficient (Wildman–Crippen LogP) is 1.99. The topological polar surface area (TPSA) is 67.2 Å². The van der Waals surface area contributed by atoms with E-state index in [2.05, 4.69) is 10.4 Å². The van der Waals surface area contributed by atoms with Crippen molar-refractivity contribution in [2.75, 3.05) is 12.9 Å². The smallest absolute Gasteiger partial charge is 0.255 e. The lowest BCUT2D eigenvalue weighted by molar-refractivity contribution is 0.0936. The zero-order chi connectivity index (χ0) is 15.4. The molecule has 0 aliphatic carbocycles. The molecule has 5 nitrogen and oxygen atoms in total. The molecule has 21 heavy (non-hydrogen) atoms. The van der Waals surface area contributed by atoms with E-state index in [1.165, 1.54) is 11.8 Å². The van der Waals surface area contributed by atoms with Crippen molar-refractivity contribution >= 4 is 29.0 Å². The minimum atomic E-state index is -0.161. The Balaban J connectivity index is 2.20. The van der Waals surface area contributed by atoms with Crippen LogP contribution in [-0.4, -0.2) is 44.9 Å². The van der Waals surface area contributed by atoms with Gasteiger partial charge in [-0.25, -0.2) is 0 Å². The molecule has 114 valence electrons. The molecule has 2 aromatic rings. The predicted molar refractivity (Wildman–Crippen MR) is 87.8 cm³/mol. The number of thiophene rings is 1. The van der Waals surface area contributed by atoms with Gasteiger partial charge in [-0.1, -0.05) is 6.07 Å². The largest absolute Gasteiger partial charge is 0.395 e. The monoisotopic (exact) mass is 325 g/mol. The van der Waals surface area contributed by atoms with Crippen LogP contribution in [-0.2, 0) is 7.05 Å². The number of aliphatic hydroxyl groups excluding tert-OH is 1. The van der Waals surface area contributed by atoms with Gasteiger partial charge in [-0.3, -0.25) is 9.48 Å². The lowest BCUT2D eigenvalue weighted by atomic mass is 10.1. The fourth-order valence-electron chi connectivity index (χ4n) is 2.06. The number of rotatable bonds is 6. The molecule has 0 fully saturated rings. The summed E-state index contributed by atoms with van der Waals surface area (Å²) in [6, 6.07) is 3.77. The van der Waals surface area contributed by atoms with E-state index in [0.29, 0.717) is 11.3 Å². The third-order valence-electron chi connectivity index (χ3n) is 3.23. The molecule has 0 saturated heterocycles. The molecule has 2 heterocycles. The highest BCUT2D eigenvalue weighted by molar-refractivity contribution is 7.99. The summed E-state index contributed by atoms with van der Waals surface area (Å²) in [5.41, 5.74) is 1.26. The molecule has 0 radical (unpaired) electrons. The van der Waals surface area contributed by atoms with E-state index in [0.717, 1.165) is 4.88 Å². The number of aryl methyl sites for hydroxylation is 1. The SMILES string of the molecule is CSC(CO)C(C)NC(=O)c1cn(C)nc1-c1cccs1. The number of nitrogens with zero attached hydrogens (tertiary/aromatic N) is 2. The molecule has 2 unspecified atom stereocenters. The van der Waals surface area contributed by atoms with Gasteiger partial charge in [-0.05, 0) is 24.6 Å². The third kappa shape index (κ3) is 3.66. The average Bonchev–Trinajstić information content (AvgIpc) is 3.08. The molecule has 0 aliphatic heterocycles. The zero-order valence-electron chi connectivity index (χ0n) is 12.2. The van der Waals surface area contributed by atoms with Crippen LogP contribution >= 0.6 is 23.1 Å². The number of hydrogen-bond donors (Lipinski definition) is 2.